The second-order valence-corrected chi connectivity index (χ2v) is 5.16. The average molecular weight is 297 g/mol. The Labute approximate surface area is 122 Å². The van der Waals surface area contributed by atoms with Crippen molar-refractivity contribution in [3.8, 4) is 5.75 Å². The molecule has 0 atom stereocenters. The summed E-state index contributed by atoms with van der Waals surface area (Å²) in [5.41, 5.74) is 2.66. The summed E-state index contributed by atoms with van der Waals surface area (Å²) >= 11 is 11.9. The first kappa shape index (κ1) is 13.8. The van der Waals surface area contributed by atoms with E-state index >= 15 is 0 Å². The second kappa shape index (κ2) is 5.59. The Morgan fingerprint density at radius 1 is 1.00 bits per heavy atom. The summed E-state index contributed by atoms with van der Waals surface area (Å²) in [5.74, 6) is -0.0276. The molecule has 0 aliphatic carbocycles. The molecule has 2 aromatic carbocycles. The lowest BCUT2D eigenvalue weighted by molar-refractivity contribution is 0.475. The largest absolute Gasteiger partial charge is 0.506 e. The summed E-state index contributed by atoms with van der Waals surface area (Å²) in [6.07, 6.45) is 0. The predicted molar refractivity (Wildman–Crippen MR) is 82.2 cm³/mol. The molecule has 0 saturated heterocycles. The predicted octanol–water partition coefficient (Wildman–Crippen LogP) is 4.51. The zero-order valence-electron chi connectivity index (χ0n) is 10.6. The molecule has 5 heteroatoms. The molecule has 0 aliphatic rings. The minimum absolute atomic E-state index is 0.0276. The maximum atomic E-state index is 9.44. The Kier molecular flexibility index (Phi) is 4.08. The highest BCUT2D eigenvalue weighted by molar-refractivity contribution is 6.36. The van der Waals surface area contributed by atoms with Crippen LogP contribution in [0.4, 0.5) is 17.1 Å². The Balaban J connectivity index is 2.24. The molecule has 100 valence electrons. The fourth-order valence-electron chi connectivity index (χ4n) is 1.63. The van der Waals surface area contributed by atoms with Crippen LogP contribution in [0.1, 0.15) is 0 Å². The third-order valence-electron chi connectivity index (χ3n) is 2.70. The summed E-state index contributed by atoms with van der Waals surface area (Å²) in [5, 5.41) is 13.3. The number of anilines is 3. The number of hydrogen-bond acceptors (Lipinski definition) is 3. The van der Waals surface area contributed by atoms with E-state index in [1.807, 2.05) is 43.3 Å². The average Bonchev–Trinajstić information content (AvgIpc) is 2.36. The van der Waals surface area contributed by atoms with E-state index in [1.165, 1.54) is 6.07 Å². The zero-order valence-corrected chi connectivity index (χ0v) is 12.1. The van der Waals surface area contributed by atoms with Crippen LogP contribution in [-0.2, 0) is 0 Å². The van der Waals surface area contributed by atoms with Gasteiger partial charge in [-0.2, -0.15) is 0 Å². The molecular formula is C14H14Cl2N2O. The van der Waals surface area contributed by atoms with Crippen LogP contribution < -0.4 is 10.2 Å². The Morgan fingerprint density at radius 3 is 2.21 bits per heavy atom. The van der Waals surface area contributed by atoms with Gasteiger partial charge in [-0.15, -0.1) is 0 Å². The van der Waals surface area contributed by atoms with Gasteiger partial charge in [0.05, 0.1) is 15.7 Å². The molecule has 0 amide bonds. The summed E-state index contributed by atoms with van der Waals surface area (Å²) in [4.78, 5) is 2.02. The van der Waals surface area contributed by atoms with E-state index in [9.17, 15) is 5.11 Å². The minimum atomic E-state index is -0.0276. The lowest BCUT2D eigenvalue weighted by atomic mass is 10.2. The van der Waals surface area contributed by atoms with Gasteiger partial charge in [0.1, 0.15) is 5.75 Å². The van der Waals surface area contributed by atoms with Crippen LogP contribution >= 0.6 is 23.2 Å². The number of phenols is 1. The summed E-state index contributed by atoms with van der Waals surface area (Å²) in [7, 11) is 3.97. The van der Waals surface area contributed by atoms with Gasteiger partial charge < -0.3 is 15.3 Å². The molecule has 0 aliphatic heterocycles. The SMILES string of the molecule is CN(C)c1ccc(Nc2cc(Cl)c(O)cc2Cl)cc1. The Hall–Kier alpha value is -1.58. The molecule has 0 fully saturated rings. The summed E-state index contributed by atoms with van der Waals surface area (Å²) in [6.45, 7) is 0. The Morgan fingerprint density at radius 2 is 1.63 bits per heavy atom. The van der Waals surface area contributed by atoms with Gasteiger partial charge in [-0.25, -0.2) is 0 Å². The lowest BCUT2D eigenvalue weighted by Gasteiger charge is -2.14. The number of aromatic hydroxyl groups is 1. The van der Waals surface area contributed by atoms with E-state index in [0.29, 0.717) is 10.7 Å². The highest BCUT2D eigenvalue weighted by Gasteiger charge is 2.06. The smallest absolute Gasteiger partial charge is 0.135 e. The van der Waals surface area contributed by atoms with Crippen molar-refractivity contribution < 1.29 is 5.11 Å². The number of hydrogen-bond donors (Lipinski definition) is 2. The van der Waals surface area contributed by atoms with Crippen molar-refractivity contribution in [2.75, 3.05) is 24.3 Å². The van der Waals surface area contributed by atoms with E-state index in [2.05, 4.69) is 5.32 Å². The summed E-state index contributed by atoms with van der Waals surface area (Å²) in [6, 6.07) is 10.9. The topological polar surface area (TPSA) is 35.5 Å². The van der Waals surface area contributed by atoms with Crippen molar-refractivity contribution in [2.24, 2.45) is 0 Å². The number of halogens is 2. The highest BCUT2D eigenvalue weighted by Crippen LogP contribution is 2.35. The van der Waals surface area contributed by atoms with Gasteiger partial charge >= 0.3 is 0 Å². The van der Waals surface area contributed by atoms with Gasteiger partial charge in [0, 0.05) is 31.5 Å². The number of rotatable bonds is 3. The normalized spacial score (nSPS) is 10.3. The van der Waals surface area contributed by atoms with Gasteiger partial charge in [-0.05, 0) is 30.3 Å². The molecule has 2 N–H and O–H groups in total. The van der Waals surface area contributed by atoms with Crippen LogP contribution in [0.3, 0.4) is 0 Å². The fourth-order valence-corrected chi connectivity index (χ4v) is 2.00. The van der Waals surface area contributed by atoms with Gasteiger partial charge in [-0.1, -0.05) is 23.2 Å². The second-order valence-electron chi connectivity index (χ2n) is 4.35. The number of phenolic OH excluding ortho intramolecular Hbond substituents is 1. The van der Waals surface area contributed by atoms with Crippen molar-refractivity contribution in [1.29, 1.82) is 0 Å². The van der Waals surface area contributed by atoms with Crippen molar-refractivity contribution >= 4 is 40.3 Å². The molecule has 0 saturated carbocycles. The van der Waals surface area contributed by atoms with Crippen LogP contribution in [0.2, 0.25) is 10.0 Å². The van der Waals surface area contributed by atoms with E-state index < -0.39 is 0 Å². The third kappa shape index (κ3) is 3.25. The molecule has 19 heavy (non-hydrogen) atoms. The van der Waals surface area contributed by atoms with Crippen LogP contribution in [-0.4, -0.2) is 19.2 Å². The van der Waals surface area contributed by atoms with E-state index in [-0.39, 0.29) is 10.8 Å². The highest BCUT2D eigenvalue weighted by atomic mass is 35.5. The number of benzene rings is 2. The first-order valence-corrected chi connectivity index (χ1v) is 6.45. The van der Waals surface area contributed by atoms with Crippen LogP contribution in [0, 0.1) is 0 Å². The first-order valence-electron chi connectivity index (χ1n) is 5.70. The molecule has 0 unspecified atom stereocenters. The van der Waals surface area contributed by atoms with Crippen molar-refractivity contribution in [3.05, 3.63) is 46.4 Å². The standard InChI is InChI=1S/C14H14Cl2N2O/c1-18(2)10-5-3-9(4-6-10)17-13-7-12(16)14(19)8-11(13)15/h3-8,17,19H,1-2H3. The van der Waals surface area contributed by atoms with E-state index in [1.54, 1.807) is 6.07 Å². The van der Waals surface area contributed by atoms with Crippen molar-refractivity contribution in [1.82, 2.24) is 0 Å². The maximum Gasteiger partial charge on any atom is 0.135 e. The van der Waals surface area contributed by atoms with Crippen molar-refractivity contribution in [3.63, 3.8) is 0 Å². The van der Waals surface area contributed by atoms with E-state index in [4.69, 9.17) is 23.2 Å². The Bertz CT molecular complexity index is 583. The van der Waals surface area contributed by atoms with Gasteiger partial charge in [0.15, 0.2) is 0 Å². The zero-order chi connectivity index (χ0) is 14.0. The molecular weight excluding hydrogens is 283 g/mol. The quantitative estimate of drug-likeness (QED) is 0.818. The molecule has 3 nitrogen and oxygen atoms in total. The monoisotopic (exact) mass is 296 g/mol. The van der Waals surface area contributed by atoms with Gasteiger partial charge in [-0.3, -0.25) is 0 Å². The summed E-state index contributed by atoms with van der Waals surface area (Å²) < 4.78 is 0. The van der Waals surface area contributed by atoms with Gasteiger partial charge in [0.2, 0.25) is 0 Å². The minimum Gasteiger partial charge on any atom is -0.506 e. The number of nitrogens with zero attached hydrogens (tertiary/aromatic N) is 1. The van der Waals surface area contributed by atoms with Crippen molar-refractivity contribution in [2.45, 2.75) is 0 Å². The lowest BCUT2D eigenvalue weighted by Crippen LogP contribution is -2.08. The molecule has 2 aromatic rings. The van der Waals surface area contributed by atoms with Gasteiger partial charge in [0.25, 0.3) is 0 Å². The molecule has 0 spiro atoms. The molecule has 2 rings (SSSR count). The fraction of sp³-hybridized carbons (Fsp3) is 0.143. The maximum absolute atomic E-state index is 9.44. The third-order valence-corrected chi connectivity index (χ3v) is 3.31. The van der Waals surface area contributed by atoms with Crippen LogP contribution in [0.25, 0.3) is 0 Å². The molecule has 0 radical (unpaired) electrons. The van der Waals surface area contributed by atoms with Crippen LogP contribution in [0.15, 0.2) is 36.4 Å². The number of nitrogens with one attached hydrogen (secondary N) is 1. The molecule has 0 bridgehead atoms. The molecule has 0 heterocycles. The molecule has 0 aromatic heterocycles. The van der Waals surface area contributed by atoms with E-state index in [0.717, 1.165) is 11.4 Å². The van der Waals surface area contributed by atoms with Crippen LogP contribution in [0.5, 0.6) is 5.75 Å². The first-order chi connectivity index (χ1) is 8.97.